The van der Waals surface area contributed by atoms with Crippen molar-refractivity contribution in [3.8, 4) is 0 Å². The van der Waals surface area contributed by atoms with Crippen LogP contribution in [0.3, 0.4) is 0 Å². The first-order valence-corrected chi connectivity index (χ1v) is 19.4. The average molecular weight is 731 g/mol. The fourth-order valence-electron chi connectivity index (χ4n) is 7.93. The molecule has 2 fully saturated rings. The summed E-state index contributed by atoms with van der Waals surface area (Å²) in [5.41, 5.74) is 1.91. The average Bonchev–Trinajstić information content (AvgIpc) is 3.70. The van der Waals surface area contributed by atoms with Crippen molar-refractivity contribution in [1.82, 2.24) is 30.7 Å². The number of aromatic amines is 1. The molecule has 12 heteroatoms. The van der Waals surface area contributed by atoms with E-state index in [4.69, 9.17) is 4.74 Å². The van der Waals surface area contributed by atoms with Gasteiger partial charge in [0.1, 0.15) is 23.9 Å². The van der Waals surface area contributed by atoms with Crippen LogP contribution in [-0.2, 0) is 35.1 Å². The van der Waals surface area contributed by atoms with Gasteiger partial charge >= 0.3 is 0 Å². The highest BCUT2D eigenvalue weighted by Crippen LogP contribution is 2.29. The number of aromatic nitrogens is 1. The Morgan fingerprint density at radius 1 is 0.943 bits per heavy atom. The largest absolute Gasteiger partial charge is 0.499 e. The lowest BCUT2D eigenvalue weighted by molar-refractivity contribution is -0.139. The van der Waals surface area contributed by atoms with Gasteiger partial charge in [0, 0.05) is 47.6 Å². The molecule has 2 aliphatic heterocycles. The number of imide groups is 1. The molecule has 3 heterocycles. The Morgan fingerprint density at radius 2 is 1.64 bits per heavy atom. The van der Waals surface area contributed by atoms with E-state index in [-0.39, 0.29) is 29.6 Å². The van der Waals surface area contributed by atoms with Gasteiger partial charge in [-0.05, 0) is 76.2 Å². The molecule has 3 aliphatic rings. The molecule has 4 N–H and O–H groups in total. The summed E-state index contributed by atoms with van der Waals surface area (Å²) in [5, 5.41) is 10.0. The van der Waals surface area contributed by atoms with Crippen molar-refractivity contribution in [3.63, 3.8) is 0 Å². The van der Waals surface area contributed by atoms with E-state index in [1.54, 1.807) is 13.0 Å². The van der Waals surface area contributed by atoms with Crippen LogP contribution in [0.15, 0.2) is 54.4 Å². The van der Waals surface area contributed by atoms with Crippen molar-refractivity contribution < 1.29 is 28.7 Å². The standard InChI is InChI=1S/C41H58N6O6/c1-26(2)21-33(44-39(50)29-17-19-46(4)20-18-29)41(52)45-34(22-28-11-7-6-8-12-28)40(51)43-27(3)15-16-37(48)47-35(36(53-5)24-38(47)49)23-30-25-42-32-14-10-9-13-31(30)32/h9-10,13-16,24-29,33-35,42H,6-8,11-12,17-23H2,1-5H3,(H,43,51)(H,44,50)(H,45,52)/b16-15+/t27-,33-,34-,35-/m0/s1. The molecule has 0 unspecified atom stereocenters. The highest BCUT2D eigenvalue weighted by molar-refractivity contribution is 6.08. The molecule has 53 heavy (non-hydrogen) atoms. The molecule has 1 aromatic carbocycles. The molecule has 1 aliphatic carbocycles. The maximum atomic E-state index is 13.9. The minimum atomic E-state index is -0.804. The van der Waals surface area contributed by atoms with Crippen LogP contribution < -0.4 is 16.0 Å². The molecule has 1 saturated carbocycles. The van der Waals surface area contributed by atoms with Crippen molar-refractivity contribution >= 4 is 40.4 Å². The van der Waals surface area contributed by atoms with E-state index in [0.717, 1.165) is 68.1 Å². The van der Waals surface area contributed by atoms with Crippen molar-refractivity contribution in [3.05, 3.63) is 60.0 Å². The van der Waals surface area contributed by atoms with Crippen LogP contribution in [0.25, 0.3) is 10.9 Å². The summed E-state index contributed by atoms with van der Waals surface area (Å²) in [6, 6.07) is 5.09. The second kappa shape index (κ2) is 18.5. The number of methoxy groups -OCH3 is 1. The predicted octanol–water partition coefficient (Wildman–Crippen LogP) is 4.37. The number of amides is 5. The van der Waals surface area contributed by atoms with Gasteiger partial charge in [-0.15, -0.1) is 0 Å². The number of nitrogens with one attached hydrogen (secondary N) is 4. The van der Waals surface area contributed by atoms with Gasteiger partial charge < -0.3 is 30.6 Å². The monoisotopic (exact) mass is 730 g/mol. The number of rotatable bonds is 15. The fourth-order valence-corrected chi connectivity index (χ4v) is 7.93. The molecule has 0 radical (unpaired) electrons. The summed E-state index contributed by atoms with van der Waals surface area (Å²) in [5.74, 6) is -1.09. The molecule has 5 rings (SSSR count). The smallest absolute Gasteiger partial charge is 0.257 e. The van der Waals surface area contributed by atoms with Gasteiger partial charge in [0.15, 0.2) is 0 Å². The molecule has 1 saturated heterocycles. The SMILES string of the molecule is COC1=CC(=O)N(C(=O)/C=C/[C@H](C)NC(=O)[C@H](CC2CCCCC2)NC(=O)[C@H](CC(C)C)NC(=O)C2CCN(C)CC2)[C@H]1Cc1c[nH]c2ccccc12. The summed E-state index contributed by atoms with van der Waals surface area (Å²) in [7, 11) is 3.53. The van der Waals surface area contributed by atoms with Crippen LogP contribution in [0.5, 0.6) is 0 Å². The Bertz CT molecular complexity index is 1670. The van der Waals surface area contributed by atoms with E-state index >= 15 is 0 Å². The number of fused-ring (bicyclic) bond motifs is 1. The highest BCUT2D eigenvalue weighted by Gasteiger charge is 2.38. The number of nitrogens with zero attached hydrogens (tertiary/aromatic N) is 2. The topological polar surface area (TPSA) is 153 Å². The number of benzene rings is 1. The summed E-state index contributed by atoms with van der Waals surface area (Å²) >= 11 is 0. The number of hydrogen-bond acceptors (Lipinski definition) is 7. The minimum absolute atomic E-state index is 0.108. The van der Waals surface area contributed by atoms with Gasteiger partial charge in [0.25, 0.3) is 11.8 Å². The second-order valence-corrected chi connectivity index (χ2v) is 15.6. The lowest BCUT2D eigenvalue weighted by Crippen LogP contribution is -2.56. The quantitative estimate of drug-likeness (QED) is 0.199. The first kappa shape index (κ1) is 39.8. The Labute approximate surface area is 313 Å². The summed E-state index contributed by atoms with van der Waals surface area (Å²) in [6.07, 6.45) is 14.3. The number of ether oxygens (including phenoxy) is 1. The lowest BCUT2D eigenvalue weighted by atomic mass is 9.84. The zero-order valence-electron chi connectivity index (χ0n) is 32.0. The predicted molar refractivity (Wildman–Crippen MR) is 204 cm³/mol. The van der Waals surface area contributed by atoms with Crippen molar-refractivity contribution in [2.24, 2.45) is 17.8 Å². The molecule has 0 bridgehead atoms. The molecule has 0 spiro atoms. The van der Waals surface area contributed by atoms with E-state index < -0.39 is 36.0 Å². The number of H-pyrrole nitrogens is 1. The number of para-hydroxylation sites is 1. The first-order valence-electron chi connectivity index (χ1n) is 19.4. The van der Waals surface area contributed by atoms with Gasteiger partial charge in [0.2, 0.25) is 17.7 Å². The Morgan fingerprint density at radius 3 is 2.34 bits per heavy atom. The molecule has 2 aromatic rings. The van der Waals surface area contributed by atoms with Crippen LogP contribution in [0.4, 0.5) is 0 Å². The minimum Gasteiger partial charge on any atom is -0.499 e. The summed E-state index contributed by atoms with van der Waals surface area (Å²) in [4.78, 5) is 74.2. The molecule has 288 valence electrons. The van der Waals surface area contributed by atoms with Crippen LogP contribution in [0, 0.1) is 17.8 Å². The van der Waals surface area contributed by atoms with E-state index in [1.807, 2.05) is 51.4 Å². The third-order valence-electron chi connectivity index (χ3n) is 11.0. The van der Waals surface area contributed by atoms with Gasteiger partial charge in [-0.2, -0.15) is 0 Å². The van der Waals surface area contributed by atoms with Crippen LogP contribution in [0.2, 0.25) is 0 Å². The first-order chi connectivity index (χ1) is 25.4. The van der Waals surface area contributed by atoms with Gasteiger partial charge in [-0.3, -0.25) is 28.9 Å². The van der Waals surface area contributed by atoms with Crippen molar-refractivity contribution in [2.45, 2.75) is 109 Å². The number of piperidine rings is 1. The summed E-state index contributed by atoms with van der Waals surface area (Å²) < 4.78 is 5.52. The Hall–Kier alpha value is -4.45. The lowest BCUT2D eigenvalue weighted by Gasteiger charge is -2.31. The van der Waals surface area contributed by atoms with Crippen molar-refractivity contribution in [2.75, 3.05) is 27.2 Å². The molecular formula is C41H58N6O6. The van der Waals surface area contributed by atoms with Crippen LogP contribution >= 0.6 is 0 Å². The molecular weight excluding hydrogens is 672 g/mol. The molecule has 4 atom stereocenters. The van der Waals surface area contributed by atoms with Gasteiger partial charge in [-0.25, -0.2) is 0 Å². The molecule has 5 amide bonds. The highest BCUT2D eigenvalue weighted by atomic mass is 16.5. The molecule has 1 aromatic heterocycles. The van der Waals surface area contributed by atoms with Crippen LogP contribution in [0.1, 0.15) is 84.1 Å². The van der Waals surface area contributed by atoms with Crippen LogP contribution in [-0.4, -0.2) is 95.7 Å². The Balaban J connectivity index is 1.24. The fraction of sp³-hybridized carbons (Fsp3) is 0.585. The van der Waals surface area contributed by atoms with E-state index in [9.17, 15) is 24.0 Å². The van der Waals surface area contributed by atoms with E-state index in [0.29, 0.717) is 30.9 Å². The number of carbonyl (C=O) groups is 5. The third kappa shape index (κ3) is 10.6. The second-order valence-electron chi connectivity index (χ2n) is 15.6. The van der Waals surface area contributed by atoms with E-state index in [2.05, 4.69) is 25.8 Å². The third-order valence-corrected chi connectivity index (χ3v) is 11.0. The maximum absolute atomic E-state index is 13.9. The van der Waals surface area contributed by atoms with E-state index in [1.165, 1.54) is 30.6 Å². The number of carbonyl (C=O) groups excluding carboxylic acids is 5. The van der Waals surface area contributed by atoms with Crippen molar-refractivity contribution in [1.29, 1.82) is 0 Å². The zero-order chi connectivity index (χ0) is 38.1. The maximum Gasteiger partial charge on any atom is 0.257 e. The number of likely N-dealkylation sites (tertiary alicyclic amines) is 1. The summed E-state index contributed by atoms with van der Waals surface area (Å²) in [6.45, 7) is 7.45. The Kier molecular flexibility index (Phi) is 13.9. The molecule has 12 nitrogen and oxygen atoms in total. The van der Waals surface area contributed by atoms with Gasteiger partial charge in [-0.1, -0.05) is 70.2 Å². The number of hydrogen-bond donors (Lipinski definition) is 4. The zero-order valence-corrected chi connectivity index (χ0v) is 32.0. The normalized spacial score (nSPS) is 20.7. The van der Waals surface area contributed by atoms with Gasteiger partial charge in [0.05, 0.1) is 7.11 Å².